The molecular weight excluding hydrogens is 271 g/mol. The van der Waals surface area contributed by atoms with Gasteiger partial charge in [0, 0.05) is 19.1 Å². The second kappa shape index (κ2) is 5.64. The zero-order valence-corrected chi connectivity index (χ0v) is 13.1. The molecule has 0 aromatic heterocycles. The van der Waals surface area contributed by atoms with Crippen molar-refractivity contribution in [1.82, 2.24) is 4.90 Å². The van der Waals surface area contributed by atoms with E-state index >= 15 is 0 Å². The van der Waals surface area contributed by atoms with Crippen molar-refractivity contribution in [3.8, 4) is 0 Å². The van der Waals surface area contributed by atoms with E-state index in [1.807, 2.05) is 20.8 Å². The highest BCUT2D eigenvalue weighted by molar-refractivity contribution is 5.68. The van der Waals surface area contributed by atoms with Gasteiger partial charge < -0.3 is 15.4 Å². The van der Waals surface area contributed by atoms with Crippen molar-refractivity contribution in [2.75, 3.05) is 6.54 Å². The molecule has 116 valence electrons. The van der Waals surface area contributed by atoms with Crippen LogP contribution in [-0.4, -0.2) is 23.1 Å². The van der Waals surface area contributed by atoms with Crippen molar-refractivity contribution in [2.24, 2.45) is 5.73 Å². The summed E-state index contributed by atoms with van der Waals surface area (Å²) in [6.45, 7) is 8.13. The Morgan fingerprint density at radius 1 is 1.43 bits per heavy atom. The maximum atomic E-state index is 13.7. The SMILES string of the molecule is Cc1cc2c(cc1F)C(N)CCN(C(=O)OC(C)(C)C)C2. The Hall–Kier alpha value is -1.62. The standard InChI is InChI=1S/C16H23FN2O2/c1-10-7-11-9-19(15(20)21-16(2,3)4)6-5-14(18)12(11)8-13(10)17/h7-8,14H,5-6,9,18H2,1-4H3. The number of carbonyl (C=O) groups is 1. The Balaban J connectivity index is 2.27. The van der Waals surface area contributed by atoms with Gasteiger partial charge >= 0.3 is 6.09 Å². The van der Waals surface area contributed by atoms with E-state index in [0.29, 0.717) is 25.1 Å². The van der Waals surface area contributed by atoms with E-state index in [4.69, 9.17) is 10.5 Å². The minimum Gasteiger partial charge on any atom is -0.444 e. The van der Waals surface area contributed by atoms with Crippen LogP contribution in [0.4, 0.5) is 9.18 Å². The molecule has 2 rings (SSSR count). The maximum absolute atomic E-state index is 13.7. The van der Waals surface area contributed by atoms with Gasteiger partial charge in [-0.05, 0) is 56.9 Å². The molecule has 0 radical (unpaired) electrons. The van der Waals surface area contributed by atoms with Crippen LogP contribution in [0.2, 0.25) is 0 Å². The fourth-order valence-corrected chi connectivity index (χ4v) is 2.46. The van der Waals surface area contributed by atoms with Gasteiger partial charge in [0.2, 0.25) is 0 Å². The molecule has 1 heterocycles. The van der Waals surface area contributed by atoms with Gasteiger partial charge in [-0.15, -0.1) is 0 Å². The molecule has 0 fully saturated rings. The smallest absolute Gasteiger partial charge is 0.410 e. The second-order valence-electron chi connectivity index (χ2n) is 6.60. The molecule has 2 N–H and O–H groups in total. The van der Waals surface area contributed by atoms with Crippen LogP contribution in [0.5, 0.6) is 0 Å². The second-order valence-corrected chi connectivity index (χ2v) is 6.60. The molecule has 1 aliphatic rings. The third-order valence-corrected chi connectivity index (χ3v) is 3.54. The lowest BCUT2D eigenvalue weighted by molar-refractivity contribution is 0.0235. The summed E-state index contributed by atoms with van der Waals surface area (Å²) in [5.74, 6) is -0.255. The lowest BCUT2D eigenvalue weighted by Crippen LogP contribution is -2.36. The molecule has 21 heavy (non-hydrogen) atoms. The van der Waals surface area contributed by atoms with Gasteiger partial charge in [0.1, 0.15) is 11.4 Å². The van der Waals surface area contributed by atoms with Crippen LogP contribution in [-0.2, 0) is 11.3 Å². The molecule has 1 aromatic rings. The topological polar surface area (TPSA) is 55.6 Å². The molecular formula is C16H23FN2O2. The van der Waals surface area contributed by atoms with Crippen LogP contribution in [0, 0.1) is 12.7 Å². The summed E-state index contributed by atoms with van der Waals surface area (Å²) in [4.78, 5) is 13.9. The van der Waals surface area contributed by atoms with Crippen LogP contribution in [0.3, 0.4) is 0 Å². The number of amides is 1. The third kappa shape index (κ3) is 3.73. The van der Waals surface area contributed by atoms with Crippen LogP contribution in [0.15, 0.2) is 12.1 Å². The summed E-state index contributed by atoms with van der Waals surface area (Å²) >= 11 is 0. The fraction of sp³-hybridized carbons (Fsp3) is 0.562. The minimum atomic E-state index is -0.535. The minimum absolute atomic E-state index is 0.255. The Morgan fingerprint density at radius 2 is 2.10 bits per heavy atom. The first-order valence-corrected chi connectivity index (χ1v) is 7.20. The van der Waals surface area contributed by atoms with Crippen LogP contribution in [0.1, 0.15) is 49.9 Å². The van der Waals surface area contributed by atoms with E-state index in [0.717, 1.165) is 11.1 Å². The van der Waals surface area contributed by atoms with Gasteiger partial charge in [0.25, 0.3) is 0 Å². The number of nitrogens with zero attached hydrogens (tertiary/aromatic N) is 1. The van der Waals surface area contributed by atoms with Crippen molar-refractivity contribution in [1.29, 1.82) is 0 Å². The zero-order chi connectivity index (χ0) is 15.8. The number of benzene rings is 1. The Kier molecular flexibility index (Phi) is 4.23. The fourth-order valence-electron chi connectivity index (χ4n) is 2.46. The molecule has 0 saturated heterocycles. The highest BCUT2D eigenvalue weighted by Crippen LogP contribution is 2.28. The third-order valence-electron chi connectivity index (χ3n) is 3.54. The van der Waals surface area contributed by atoms with Crippen LogP contribution >= 0.6 is 0 Å². The number of ether oxygens (including phenoxy) is 1. The molecule has 1 aromatic carbocycles. The van der Waals surface area contributed by atoms with Crippen molar-refractivity contribution >= 4 is 6.09 Å². The van der Waals surface area contributed by atoms with Crippen molar-refractivity contribution in [3.05, 3.63) is 34.6 Å². The lowest BCUT2D eigenvalue weighted by atomic mass is 9.98. The lowest BCUT2D eigenvalue weighted by Gasteiger charge is -2.26. The van der Waals surface area contributed by atoms with Gasteiger partial charge in [-0.1, -0.05) is 6.07 Å². The molecule has 0 saturated carbocycles. The number of nitrogens with two attached hydrogens (primary N) is 1. The molecule has 0 bridgehead atoms. The van der Waals surface area contributed by atoms with Gasteiger partial charge in [0.05, 0.1) is 0 Å². The predicted octanol–water partition coefficient (Wildman–Crippen LogP) is 3.27. The summed E-state index contributed by atoms with van der Waals surface area (Å²) in [6, 6.07) is 3.00. The van der Waals surface area contributed by atoms with Gasteiger partial charge in [0.15, 0.2) is 0 Å². The average molecular weight is 294 g/mol. The first kappa shape index (κ1) is 15.8. The average Bonchev–Trinajstić information content (AvgIpc) is 2.49. The maximum Gasteiger partial charge on any atom is 0.410 e. The summed E-state index contributed by atoms with van der Waals surface area (Å²) in [7, 11) is 0. The first-order chi connectivity index (χ1) is 9.67. The molecule has 5 heteroatoms. The number of aryl methyl sites for hydroxylation is 1. The summed E-state index contributed by atoms with van der Waals surface area (Å²) in [5.41, 5.74) is 7.81. The first-order valence-electron chi connectivity index (χ1n) is 7.20. The van der Waals surface area contributed by atoms with Crippen molar-refractivity contribution < 1.29 is 13.9 Å². The van der Waals surface area contributed by atoms with Crippen molar-refractivity contribution in [2.45, 2.75) is 52.3 Å². The monoisotopic (exact) mass is 294 g/mol. The summed E-state index contributed by atoms with van der Waals surface area (Å²) in [6.07, 6.45) is 0.235. The Morgan fingerprint density at radius 3 is 2.71 bits per heavy atom. The van der Waals surface area contributed by atoms with Crippen molar-refractivity contribution in [3.63, 3.8) is 0 Å². The number of rotatable bonds is 0. The molecule has 0 aliphatic carbocycles. The van der Waals surface area contributed by atoms with E-state index in [-0.39, 0.29) is 18.0 Å². The number of halogens is 1. The highest BCUT2D eigenvalue weighted by atomic mass is 19.1. The van der Waals surface area contributed by atoms with Gasteiger partial charge in [-0.2, -0.15) is 0 Å². The molecule has 4 nitrogen and oxygen atoms in total. The Labute approximate surface area is 125 Å². The molecule has 1 amide bonds. The zero-order valence-electron chi connectivity index (χ0n) is 13.1. The quantitative estimate of drug-likeness (QED) is 0.799. The highest BCUT2D eigenvalue weighted by Gasteiger charge is 2.27. The van der Waals surface area contributed by atoms with Gasteiger partial charge in [-0.25, -0.2) is 9.18 Å². The summed E-state index contributed by atoms with van der Waals surface area (Å²) < 4.78 is 19.1. The molecule has 1 aliphatic heterocycles. The molecule has 0 spiro atoms. The van der Waals surface area contributed by atoms with E-state index in [2.05, 4.69) is 0 Å². The Bertz CT molecular complexity index is 552. The molecule has 1 unspecified atom stereocenters. The van der Waals surface area contributed by atoms with Crippen LogP contribution < -0.4 is 5.73 Å². The van der Waals surface area contributed by atoms with E-state index < -0.39 is 5.60 Å². The van der Waals surface area contributed by atoms with E-state index in [9.17, 15) is 9.18 Å². The number of hydrogen-bond acceptors (Lipinski definition) is 3. The molecule has 1 atom stereocenters. The normalized spacial score (nSPS) is 19.0. The van der Waals surface area contributed by atoms with E-state index in [1.165, 1.54) is 6.07 Å². The summed E-state index contributed by atoms with van der Waals surface area (Å²) in [5, 5.41) is 0. The number of carbonyl (C=O) groups excluding carboxylic acids is 1. The van der Waals surface area contributed by atoms with E-state index in [1.54, 1.807) is 17.9 Å². The van der Waals surface area contributed by atoms with Gasteiger partial charge in [-0.3, -0.25) is 0 Å². The predicted molar refractivity (Wildman–Crippen MR) is 79.3 cm³/mol. The largest absolute Gasteiger partial charge is 0.444 e. The number of hydrogen-bond donors (Lipinski definition) is 1. The number of fused-ring (bicyclic) bond motifs is 1. The van der Waals surface area contributed by atoms with Crippen LogP contribution in [0.25, 0.3) is 0 Å².